The van der Waals surface area contributed by atoms with Crippen molar-refractivity contribution in [2.45, 2.75) is 44.6 Å². The van der Waals surface area contributed by atoms with Gasteiger partial charge in [0.05, 0.1) is 5.69 Å². The number of hydrogen-bond acceptors (Lipinski definition) is 4. The molecular formula is C25H32N2O2. The molecule has 1 fully saturated rings. The van der Waals surface area contributed by atoms with Crippen molar-refractivity contribution in [1.82, 2.24) is 4.90 Å². The van der Waals surface area contributed by atoms with Gasteiger partial charge in [-0.25, -0.2) is 0 Å². The van der Waals surface area contributed by atoms with Crippen LogP contribution in [0.5, 0.6) is 11.5 Å². The van der Waals surface area contributed by atoms with Crippen molar-refractivity contribution in [3.63, 3.8) is 0 Å². The van der Waals surface area contributed by atoms with Crippen LogP contribution in [0.15, 0.2) is 42.5 Å². The van der Waals surface area contributed by atoms with Crippen LogP contribution in [0.25, 0.3) is 0 Å². The molecule has 2 aliphatic heterocycles. The lowest BCUT2D eigenvalue weighted by atomic mass is 9.88. The molecule has 29 heavy (non-hydrogen) atoms. The van der Waals surface area contributed by atoms with Crippen LogP contribution in [-0.2, 0) is 6.42 Å². The molecule has 2 atom stereocenters. The zero-order valence-electron chi connectivity index (χ0n) is 17.5. The average molecular weight is 393 g/mol. The summed E-state index contributed by atoms with van der Waals surface area (Å²) in [6.45, 7) is 7.96. The largest absolute Gasteiger partial charge is 0.486 e. The highest BCUT2D eigenvalue weighted by Gasteiger charge is 2.34. The Labute approximate surface area is 174 Å². The first kappa shape index (κ1) is 18.8. The number of fused-ring (bicyclic) bond motifs is 2. The lowest BCUT2D eigenvalue weighted by Crippen LogP contribution is -2.52. The standard InChI is InChI=1S/C25H32N2O2/c1-2-6-22(21-12-11-19-7-3-4-8-20(19)21)26-13-15-27(16-14-26)23-9-5-10-24-25(23)29-18-17-28-24/h3-5,7-10,21-22H,2,6,11-18H2,1H3. The molecule has 0 saturated carbocycles. The smallest absolute Gasteiger partial charge is 0.184 e. The SMILES string of the molecule is CCCC(C1CCc2ccccc21)N1CCN(c2cccc3c2OCCO3)CC1. The lowest BCUT2D eigenvalue weighted by Gasteiger charge is -2.43. The van der Waals surface area contributed by atoms with Crippen molar-refractivity contribution < 1.29 is 9.47 Å². The molecule has 2 aromatic rings. The van der Waals surface area contributed by atoms with Crippen molar-refractivity contribution in [3.8, 4) is 11.5 Å². The number of rotatable bonds is 5. The van der Waals surface area contributed by atoms with Crippen molar-refractivity contribution in [1.29, 1.82) is 0 Å². The van der Waals surface area contributed by atoms with E-state index < -0.39 is 0 Å². The van der Waals surface area contributed by atoms with Gasteiger partial charge in [0.15, 0.2) is 11.5 Å². The molecule has 0 spiro atoms. The minimum absolute atomic E-state index is 0.643. The predicted octanol–water partition coefficient (Wildman–Crippen LogP) is 4.48. The molecule has 0 N–H and O–H groups in total. The van der Waals surface area contributed by atoms with Crippen molar-refractivity contribution >= 4 is 5.69 Å². The van der Waals surface area contributed by atoms with Gasteiger partial charge in [-0.3, -0.25) is 4.90 Å². The molecule has 0 bridgehead atoms. The van der Waals surface area contributed by atoms with E-state index in [1.165, 1.54) is 31.4 Å². The van der Waals surface area contributed by atoms with E-state index in [9.17, 15) is 0 Å². The molecule has 1 saturated heterocycles. The summed E-state index contributed by atoms with van der Waals surface area (Å²) in [6, 6.07) is 16.1. The molecule has 2 aromatic carbocycles. The van der Waals surface area contributed by atoms with Gasteiger partial charge in [-0.05, 0) is 42.5 Å². The topological polar surface area (TPSA) is 24.9 Å². The third-order valence-corrected chi connectivity index (χ3v) is 6.90. The molecule has 2 heterocycles. The van der Waals surface area contributed by atoms with Gasteiger partial charge in [-0.1, -0.05) is 43.7 Å². The summed E-state index contributed by atoms with van der Waals surface area (Å²) in [6.07, 6.45) is 5.09. The second-order valence-electron chi connectivity index (χ2n) is 8.52. The predicted molar refractivity (Wildman–Crippen MR) is 117 cm³/mol. The van der Waals surface area contributed by atoms with Crippen molar-refractivity contribution in [2.75, 3.05) is 44.3 Å². The first-order chi connectivity index (χ1) is 14.3. The number of nitrogens with zero attached hydrogens (tertiary/aromatic N) is 2. The molecule has 0 radical (unpaired) electrons. The Morgan fingerprint density at radius 2 is 1.79 bits per heavy atom. The van der Waals surface area contributed by atoms with Gasteiger partial charge >= 0.3 is 0 Å². The zero-order chi connectivity index (χ0) is 19.6. The minimum Gasteiger partial charge on any atom is -0.486 e. The van der Waals surface area contributed by atoms with Gasteiger partial charge in [0.25, 0.3) is 0 Å². The van der Waals surface area contributed by atoms with E-state index >= 15 is 0 Å². The molecule has 4 nitrogen and oxygen atoms in total. The molecule has 4 heteroatoms. The Hall–Kier alpha value is -2.20. The maximum Gasteiger partial charge on any atom is 0.184 e. The summed E-state index contributed by atoms with van der Waals surface area (Å²) >= 11 is 0. The van der Waals surface area contributed by atoms with Crippen LogP contribution in [0.1, 0.15) is 43.2 Å². The van der Waals surface area contributed by atoms with E-state index in [0.717, 1.165) is 37.7 Å². The van der Waals surface area contributed by atoms with E-state index in [2.05, 4.69) is 53.1 Å². The Morgan fingerprint density at radius 3 is 2.66 bits per heavy atom. The first-order valence-corrected chi connectivity index (χ1v) is 11.3. The third kappa shape index (κ3) is 3.59. The lowest BCUT2D eigenvalue weighted by molar-refractivity contribution is 0.148. The fourth-order valence-corrected chi connectivity index (χ4v) is 5.53. The van der Waals surface area contributed by atoms with E-state index in [-0.39, 0.29) is 0 Å². The van der Waals surface area contributed by atoms with Crippen LogP contribution < -0.4 is 14.4 Å². The van der Waals surface area contributed by atoms with Gasteiger partial charge in [-0.2, -0.15) is 0 Å². The number of ether oxygens (including phenoxy) is 2. The summed E-state index contributed by atoms with van der Waals surface area (Å²) < 4.78 is 11.7. The monoisotopic (exact) mass is 392 g/mol. The molecular weight excluding hydrogens is 360 g/mol. The number of para-hydroxylation sites is 1. The van der Waals surface area contributed by atoms with Crippen LogP contribution in [0.4, 0.5) is 5.69 Å². The number of aryl methyl sites for hydroxylation is 1. The number of anilines is 1. The fourth-order valence-electron chi connectivity index (χ4n) is 5.53. The van der Waals surface area contributed by atoms with Crippen LogP contribution in [0.3, 0.4) is 0 Å². The summed E-state index contributed by atoms with van der Waals surface area (Å²) in [7, 11) is 0. The molecule has 0 aromatic heterocycles. The van der Waals surface area contributed by atoms with Crippen molar-refractivity contribution in [3.05, 3.63) is 53.6 Å². The third-order valence-electron chi connectivity index (χ3n) is 6.90. The first-order valence-electron chi connectivity index (χ1n) is 11.3. The van der Waals surface area contributed by atoms with Crippen LogP contribution in [0, 0.1) is 0 Å². The number of benzene rings is 2. The van der Waals surface area contributed by atoms with E-state index in [0.29, 0.717) is 25.2 Å². The molecule has 5 rings (SSSR count). The molecule has 2 unspecified atom stereocenters. The van der Waals surface area contributed by atoms with E-state index in [4.69, 9.17) is 9.47 Å². The Balaban J connectivity index is 1.31. The highest BCUT2D eigenvalue weighted by Crippen LogP contribution is 2.41. The zero-order valence-corrected chi connectivity index (χ0v) is 17.5. The van der Waals surface area contributed by atoms with Crippen molar-refractivity contribution in [2.24, 2.45) is 0 Å². The molecule has 3 aliphatic rings. The van der Waals surface area contributed by atoms with E-state index in [1.54, 1.807) is 11.1 Å². The van der Waals surface area contributed by atoms with Gasteiger partial charge in [0.1, 0.15) is 13.2 Å². The van der Waals surface area contributed by atoms with Crippen LogP contribution >= 0.6 is 0 Å². The summed E-state index contributed by atoms with van der Waals surface area (Å²) in [4.78, 5) is 5.25. The summed E-state index contributed by atoms with van der Waals surface area (Å²) in [5.74, 6) is 2.52. The Kier molecular flexibility index (Phi) is 5.36. The van der Waals surface area contributed by atoms with Gasteiger partial charge in [0.2, 0.25) is 0 Å². The quantitative estimate of drug-likeness (QED) is 0.749. The number of piperazine rings is 1. The van der Waals surface area contributed by atoms with Crippen LogP contribution in [0.2, 0.25) is 0 Å². The minimum atomic E-state index is 0.643. The fraction of sp³-hybridized carbons (Fsp3) is 0.520. The maximum absolute atomic E-state index is 5.96. The van der Waals surface area contributed by atoms with Gasteiger partial charge < -0.3 is 14.4 Å². The highest BCUT2D eigenvalue weighted by molar-refractivity contribution is 5.65. The Bertz CT molecular complexity index is 844. The number of hydrogen-bond donors (Lipinski definition) is 0. The Morgan fingerprint density at radius 1 is 0.966 bits per heavy atom. The highest BCUT2D eigenvalue weighted by atomic mass is 16.6. The summed E-state index contributed by atoms with van der Waals surface area (Å²) in [5.41, 5.74) is 4.38. The average Bonchev–Trinajstić information content (AvgIpc) is 3.21. The summed E-state index contributed by atoms with van der Waals surface area (Å²) in [5, 5.41) is 0. The molecule has 0 amide bonds. The molecule has 154 valence electrons. The second-order valence-corrected chi connectivity index (χ2v) is 8.52. The maximum atomic E-state index is 5.96. The molecule has 1 aliphatic carbocycles. The van der Waals surface area contributed by atoms with Gasteiger partial charge in [0, 0.05) is 38.1 Å². The van der Waals surface area contributed by atoms with E-state index in [1.807, 2.05) is 6.07 Å². The van der Waals surface area contributed by atoms with Gasteiger partial charge in [-0.15, -0.1) is 0 Å². The van der Waals surface area contributed by atoms with Crippen LogP contribution in [-0.4, -0.2) is 50.3 Å². The second kappa shape index (κ2) is 8.27. The normalized spacial score (nSPS) is 22.4.